The van der Waals surface area contributed by atoms with Gasteiger partial charge in [0, 0.05) is 28.4 Å². The molecule has 4 aromatic rings. The highest BCUT2D eigenvalue weighted by molar-refractivity contribution is 6.30. The van der Waals surface area contributed by atoms with Gasteiger partial charge in [-0.15, -0.1) is 0 Å². The minimum absolute atomic E-state index is 0.335. The molecular weight excluding hydrogens is 415 g/mol. The van der Waals surface area contributed by atoms with Crippen LogP contribution in [0, 0.1) is 5.82 Å². The zero-order valence-corrected chi connectivity index (χ0v) is 17.8. The van der Waals surface area contributed by atoms with Gasteiger partial charge < -0.3 is 10.2 Å². The average molecular weight is 437 g/mol. The van der Waals surface area contributed by atoms with Crippen LogP contribution in [-0.2, 0) is 0 Å². The minimum Gasteiger partial charge on any atom is -0.381 e. The van der Waals surface area contributed by atoms with Gasteiger partial charge in [0.25, 0.3) is 0 Å². The van der Waals surface area contributed by atoms with Crippen molar-refractivity contribution >= 4 is 28.3 Å². The first kappa shape index (κ1) is 19.9. The van der Waals surface area contributed by atoms with E-state index < -0.39 is 0 Å². The number of nitrogens with zero attached hydrogens (tertiary/aromatic N) is 4. The van der Waals surface area contributed by atoms with Crippen molar-refractivity contribution in [3.05, 3.63) is 59.6 Å². The lowest BCUT2D eigenvalue weighted by Crippen LogP contribution is -2.36. The Bertz CT molecular complexity index is 1230. The number of aromatic nitrogens is 4. The van der Waals surface area contributed by atoms with Crippen LogP contribution in [0.1, 0.15) is 12.8 Å². The van der Waals surface area contributed by atoms with Gasteiger partial charge in [-0.2, -0.15) is 5.10 Å². The number of pyridine rings is 2. The van der Waals surface area contributed by atoms with E-state index in [1.807, 2.05) is 24.4 Å². The summed E-state index contributed by atoms with van der Waals surface area (Å²) in [5.41, 5.74) is 4.73. The van der Waals surface area contributed by atoms with Crippen LogP contribution in [0.5, 0.6) is 0 Å². The summed E-state index contributed by atoms with van der Waals surface area (Å²) in [6.45, 7) is 2.18. The van der Waals surface area contributed by atoms with E-state index in [2.05, 4.69) is 32.4 Å². The van der Waals surface area contributed by atoms with Crippen molar-refractivity contribution in [1.29, 1.82) is 0 Å². The van der Waals surface area contributed by atoms with Crippen molar-refractivity contribution < 1.29 is 4.39 Å². The van der Waals surface area contributed by atoms with Crippen molar-refractivity contribution in [2.24, 2.45) is 0 Å². The summed E-state index contributed by atoms with van der Waals surface area (Å²) in [6, 6.07) is 10.7. The summed E-state index contributed by atoms with van der Waals surface area (Å²) in [5, 5.41) is 11.1. The molecule has 5 rings (SSSR count). The van der Waals surface area contributed by atoms with Gasteiger partial charge >= 0.3 is 0 Å². The Hall–Kier alpha value is -3.03. The molecule has 1 fully saturated rings. The number of hydrogen-bond donors (Lipinski definition) is 2. The number of rotatable bonds is 4. The summed E-state index contributed by atoms with van der Waals surface area (Å²) in [7, 11) is 2.15. The highest BCUT2D eigenvalue weighted by Crippen LogP contribution is 2.33. The molecule has 0 amide bonds. The van der Waals surface area contributed by atoms with Crippen molar-refractivity contribution in [1.82, 2.24) is 25.1 Å². The summed E-state index contributed by atoms with van der Waals surface area (Å²) in [5.74, 6) is -0.384. The van der Waals surface area contributed by atoms with Gasteiger partial charge in [0.15, 0.2) is 0 Å². The number of H-pyrrole nitrogens is 1. The molecule has 0 aliphatic carbocycles. The number of aromatic amines is 1. The van der Waals surface area contributed by atoms with E-state index in [9.17, 15) is 4.39 Å². The first-order chi connectivity index (χ1) is 15.1. The van der Waals surface area contributed by atoms with Gasteiger partial charge in [0.05, 0.1) is 28.6 Å². The monoisotopic (exact) mass is 436 g/mol. The lowest BCUT2D eigenvalue weighted by atomic mass is 10.0. The molecule has 1 saturated heterocycles. The molecule has 0 atom stereocenters. The van der Waals surface area contributed by atoms with Crippen LogP contribution < -0.4 is 5.32 Å². The molecule has 0 radical (unpaired) electrons. The molecule has 6 nitrogen and oxygen atoms in total. The van der Waals surface area contributed by atoms with E-state index in [1.165, 1.54) is 12.1 Å². The Morgan fingerprint density at radius 3 is 2.77 bits per heavy atom. The van der Waals surface area contributed by atoms with Crippen LogP contribution in [-0.4, -0.2) is 51.2 Å². The number of hydrogen-bond acceptors (Lipinski definition) is 5. The maximum Gasteiger partial charge on any atom is 0.132 e. The normalized spacial score (nSPS) is 15.5. The van der Waals surface area contributed by atoms with Crippen LogP contribution in [0.2, 0.25) is 5.02 Å². The molecule has 0 saturated carbocycles. The molecule has 158 valence electrons. The van der Waals surface area contributed by atoms with Gasteiger partial charge in [0.2, 0.25) is 0 Å². The number of halogens is 2. The third-order valence-electron chi connectivity index (χ3n) is 5.73. The Labute approximate surface area is 184 Å². The van der Waals surface area contributed by atoms with Crippen LogP contribution in [0.4, 0.5) is 10.1 Å². The SMILES string of the molecule is CN1CCC(Nc2cnc3ccc(-c4c[nH]nc4-c4cc(Cl)ccc4F)nc3c2)CC1. The standard InChI is InChI=1S/C23H22ClFN6/c1-31-8-6-15(7-9-31)28-16-11-22-21(26-12-16)5-4-20(29-22)18-13-27-30-23(18)17-10-14(24)2-3-19(17)25/h2-5,10-13,15,28H,6-9H2,1H3,(H,27,30). The Balaban J connectivity index is 1.48. The zero-order chi connectivity index (χ0) is 21.4. The number of anilines is 1. The lowest BCUT2D eigenvalue weighted by molar-refractivity contribution is 0.264. The van der Waals surface area contributed by atoms with Gasteiger partial charge in [-0.25, -0.2) is 9.37 Å². The van der Waals surface area contributed by atoms with E-state index in [0.717, 1.165) is 42.7 Å². The fourth-order valence-electron chi connectivity index (χ4n) is 3.99. The number of fused-ring (bicyclic) bond motifs is 1. The molecule has 0 bridgehead atoms. The van der Waals surface area contributed by atoms with Crippen molar-refractivity contribution in [2.45, 2.75) is 18.9 Å². The topological polar surface area (TPSA) is 69.7 Å². The molecular formula is C23H22ClFN6. The molecule has 31 heavy (non-hydrogen) atoms. The highest BCUT2D eigenvalue weighted by Gasteiger charge is 2.18. The zero-order valence-electron chi connectivity index (χ0n) is 17.1. The fraction of sp³-hybridized carbons (Fsp3) is 0.261. The third-order valence-corrected chi connectivity index (χ3v) is 5.96. The summed E-state index contributed by atoms with van der Waals surface area (Å²) < 4.78 is 14.4. The second-order valence-corrected chi connectivity index (χ2v) is 8.39. The molecule has 4 heterocycles. The Morgan fingerprint density at radius 1 is 1.10 bits per heavy atom. The van der Waals surface area contributed by atoms with Crippen LogP contribution in [0.15, 0.2) is 48.8 Å². The molecule has 1 aliphatic heterocycles. The van der Waals surface area contributed by atoms with E-state index >= 15 is 0 Å². The molecule has 0 unspecified atom stereocenters. The largest absolute Gasteiger partial charge is 0.381 e. The van der Waals surface area contributed by atoms with E-state index in [4.69, 9.17) is 16.6 Å². The molecule has 0 spiro atoms. The Morgan fingerprint density at radius 2 is 1.94 bits per heavy atom. The number of piperidine rings is 1. The lowest BCUT2D eigenvalue weighted by Gasteiger charge is -2.30. The van der Waals surface area contributed by atoms with Crippen molar-refractivity contribution in [2.75, 3.05) is 25.5 Å². The second kappa shape index (κ2) is 8.24. The molecule has 1 aromatic carbocycles. The predicted molar refractivity (Wildman–Crippen MR) is 122 cm³/mol. The maximum absolute atomic E-state index is 14.4. The number of likely N-dealkylation sites (tertiary alicyclic amines) is 1. The molecule has 1 aliphatic rings. The smallest absolute Gasteiger partial charge is 0.132 e. The second-order valence-electron chi connectivity index (χ2n) is 7.95. The maximum atomic E-state index is 14.4. The van der Waals surface area contributed by atoms with Gasteiger partial charge in [-0.05, 0) is 69.4 Å². The van der Waals surface area contributed by atoms with Crippen LogP contribution >= 0.6 is 11.6 Å². The summed E-state index contributed by atoms with van der Waals surface area (Å²) in [4.78, 5) is 11.7. The van der Waals surface area contributed by atoms with Gasteiger partial charge in [0.1, 0.15) is 11.5 Å². The Kier molecular flexibility index (Phi) is 5.29. The van der Waals surface area contributed by atoms with Crippen molar-refractivity contribution in [3.8, 4) is 22.5 Å². The first-order valence-electron chi connectivity index (χ1n) is 10.3. The van der Waals surface area contributed by atoms with E-state index in [-0.39, 0.29) is 5.82 Å². The molecule has 3 aromatic heterocycles. The fourth-order valence-corrected chi connectivity index (χ4v) is 4.17. The van der Waals surface area contributed by atoms with Gasteiger partial charge in [-0.1, -0.05) is 11.6 Å². The van der Waals surface area contributed by atoms with E-state index in [0.29, 0.717) is 33.6 Å². The third kappa shape index (κ3) is 4.11. The molecule has 8 heteroatoms. The first-order valence-corrected chi connectivity index (χ1v) is 10.7. The quantitative estimate of drug-likeness (QED) is 0.472. The summed E-state index contributed by atoms with van der Waals surface area (Å²) >= 11 is 6.08. The van der Waals surface area contributed by atoms with Crippen LogP contribution in [0.3, 0.4) is 0 Å². The summed E-state index contributed by atoms with van der Waals surface area (Å²) in [6.07, 6.45) is 5.78. The van der Waals surface area contributed by atoms with Crippen molar-refractivity contribution in [3.63, 3.8) is 0 Å². The van der Waals surface area contributed by atoms with E-state index in [1.54, 1.807) is 12.3 Å². The number of nitrogens with one attached hydrogen (secondary N) is 2. The molecule has 2 N–H and O–H groups in total. The van der Waals surface area contributed by atoms with Gasteiger partial charge in [-0.3, -0.25) is 10.1 Å². The minimum atomic E-state index is -0.384. The average Bonchev–Trinajstić information content (AvgIpc) is 3.26. The highest BCUT2D eigenvalue weighted by atomic mass is 35.5. The predicted octanol–water partition coefficient (Wildman–Crippen LogP) is 4.99. The number of benzene rings is 1. The van der Waals surface area contributed by atoms with Crippen LogP contribution in [0.25, 0.3) is 33.5 Å².